The number of carbonyl (C=O) groups excluding carboxylic acids is 1. The van der Waals surface area contributed by atoms with Gasteiger partial charge in [-0.15, -0.1) is 0 Å². The minimum absolute atomic E-state index is 0.0566. The summed E-state index contributed by atoms with van der Waals surface area (Å²) in [6.45, 7) is 9.95. The van der Waals surface area contributed by atoms with Crippen LogP contribution in [0.15, 0.2) is 30.3 Å². The highest BCUT2D eigenvalue weighted by Crippen LogP contribution is 2.15. The van der Waals surface area contributed by atoms with E-state index in [1.54, 1.807) is 0 Å². The van der Waals surface area contributed by atoms with Crippen LogP contribution in [0.25, 0.3) is 0 Å². The van der Waals surface area contributed by atoms with Crippen molar-refractivity contribution in [2.45, 2.75) is 39.7 Å². The number of carbonyl (C=O) groups is 1. The van der Waals surface area contributed by atoms with Crippen LogP contribution in [0.4, 0.5) is 4.79 Å². The van der Waals surface area contributed by atoms with Gasteiger partial charge in [-0.05, 0) is 43.8 Å². The van der Waals surface area contributed by atoms with Gasteiger partial charge in [0.05, 0.1) is 0 Å². The fourth-order valence-electron chi connectivity index (χ4n) is 3.04. The lowest BCUT2D eigenvalue weighted by molar-refractivity contribution is 0.179. The normalized spacial score (nSPS) is 16.3. The highest BCUT2D eigenvalue weighted by Gasteiger charge is 2.16. The molecule has 4 nitrogen and oxygen atoms in total. The summed E-state index contributed by atoms with van der Waals surface area (Å²) in [6, 6.07) is 10.3. The monoisotopic (exact) mass is 317 g/mol. The molecule has 2 rings (SSSR count). The van der Waals surface area contributed by atoms with Crippen LogP contribution in [-0.4, -0.2) is 48.6 Å². The first-order valence-corrected chi connectivity index (χ1v) is 8.98. The third-order valence-electron chi connectivity index (χ3n) is 4.58. The molecule has 23 heavy (non-hydrogen) atoms. The number of rotatable bonds is 7. The van der Waals surface area contributed by atoms with Gasteiger partial charge in [0.2, 0.25) is 0 Å². The molecule has 128 valence electrons. The van der Waals surface area contributed by atoms with E-state index in [0.717, 1.165) is 32.0 Å². The molecule has 1 aromatic carbocycles. The van der Waals surface area contributed by atoms with Gasteiger partial charge in [-0.3, -0.25) is 0 Å². The predicted octanol–water partition coefficient (Wildman–Crippen LogP) is 3.34. The van der Waals surface area contributed by atoms with Gasteiger partial charge in [-0.1, -0.05) is 44.2 Å². The van der Waals surface area contributed by atoms with Crippen LogP contribution in [-0.2, 0) is 6.54 Å². The van der Waals surface area contributed by atoms with E-state index in [-0.39, 0.29) is 6.03 Å². The topological polar surface area (TPSA) is 35.6 Å². The zero-order chi connectivity index (χ0) is 16.5. The number of likely N-dealkylation sites (tertiary alicyclic amines) is 1. The van der Waals surface area contributed by atoms with Crippen LogP contribution in [0.2, 0.25) is 0 Å². The molecule has 0 unspecified atom stereocenters. The van der Waals surface area contributed by atoms with Crippen LogP contribution in [0.5, 0.6) is 0 Å². The van der Waals surface area contributed by atoms with Crippen LogP contribution in [0.1, 0.15) is 38.7 Å². The molecule has 1 N–H and O–H groups in total. The second-order valence-corrected chi connectivity index (χ2v) is 6.66. The molecular formula is C19H31N3O. The first-order valence-electron chi connectivity index (χ1n) is 8.98. The Hall–Kier alpha value is -1.55. The molecule has 1 fully saturated rings. The van der Waals surface area contributed by atoms with Gasteiger partial charge in [0.25, 0.3) is 0 Å². The Labute approximate surface area is 140 Å². The van der Waals surface area contributed by atoms with E-state index in [9.17, 15) is 4.79 Å². The van der Waals surface area contributed by atoms with Gasteiger partial charge in [-0.2, -0.15) is 0 Å². The fraction of sp³-hybridized carbons (Fsp3) is 0.632. The summed E-state index contributed by atoms with van der Waals surface area (Å²) in [5.41, 5.74) is 1.18. The van der Waals surface area contributed by atoms with Crippen LogP contribution < -0.4 is 5.32 Å². The Kier molecular flexibility index (Phi) is 7.40. The molecule has 1 aliphatic rings. The number of hydrogen-bond acceptors (Lipinski definition) is 2. The van der Waals surface area contributed by atoms with Crippen molar-refractivity contribution in [1.82, 2.24) is 15.1 Å². The van der Waals surface area contributed by atoms with Gasteiger partial charge in [0, 0.05) is 26.2 Å². The highest BCUT2D eigenvalue weighted by molar-refractivity contribution is 5.74. The van der Waals surface area contributed by atoms with E-state index in [1.807, 2.05) is 23.1 Å². The van der Waals surface area contributed by atoms with Crippen molar-refractivity contribution >= 4 is 6.03 Å². The van der Waals surface area contributed by atoms with Crippen molar-refractivity contribution < 1.29 is 4.79 Å². The molecule has 0 bridgehead atoms. The SMILES string of the molecule is CCCN(Cc1ccccc1)C(=O)NCCN1CCC(C)CC1. The van der Waals surface area contributed by atoms with E-state index in [1.165, 1.54) is 31.5 Å². The zero-order valence-electron chi connectivity index (χ0n) is 14.6. The number of amides is 2. The first kappa shape index (κ1) is 17.8. The van der Waals surface area contributed by atoms with Crippen molar-refractivity contribution in [3.05, 3.63) is 35.9 Å². The molecule has 0 aromatic heterocycles. The summed E-state index contributed by atoms with van der Waals surface area (Å²) in [7, 11) is 0. The summed E-state index contributed by atoms with van der Waals surface area (Å²) in [5.74, 6) is 0.853. The first-order chi connectivity index (χ1) is 11.2. The number of nitrogens with zero attached hydrogens (tertiary/aromatic N) is 2. The molecular weight excluding hydrogens is 286 g/mol. The summed E-state index contributed by atoms with van der Waals surface area (Å²) in [5, 5.41) is 3.09. The summed E-state index contributed by atoms with van der Waals surface area (Å²) in [6.07, 6.45) is 3.54. The van der Waals surface area contributed by atoms with E-state index >= 15 is 0 Å². The maximum atomic E-state index is 12.4. The minimum atomic E-state index is 0.0566. The molecule has 0 radical (unpaired) electrons. The van der Waals surface area contributed by atoms with Crippen molar-refractivity contribution in [2.24, 2.45) is 5.92 Å². The standard InChI is InChI=1S/C19H31N3O/c1-3-12-22(16-18-7-5-4-6-8-18)19(23)20-11-15-21-13-9-17(2)10-14-21/h4-8,17H,3,9-16H2,1-2H3,(H,20,23). The predicted molar refractivity (Wildman–Crippen MR) is 95.4 cm³/mol. The summed E-state index contributed by atoms with van der Waals surface area (Å²) in [4.78, 5) is 16.8. The molecule has 1 heterocycles. The summed E-state index contributed by atoms with van der Waals surface area (Å²) < 4.78 is 0. The third-order valence-corrected chi connectivity index (χ3v) is 4.58. The molecule has 0 spiro atoms. The quantitative estimate of drug-likeness (QED) is 0.837. The smallest absolute Gasteiger partial charge is 0.317 e. The average molecular weight is 317 g/mol. The number of benzene rings is 1. The Balaban J connectivity index is 1.74. The molecule has 2 amide bonds. The maximum absolute atomic E-state index is 12.4. The molecule has 1 aliphatic heterocycles. The number of hydrogen-bond donors (Lipinski definition) is 1. The van der Waals surface area contributed by atoms with Gasteiger partial charge in [-0.25, -0.2) is 4.79 Å². The van der Waals surface area contributed by atoms with Gasteiger partial charge in [0.15, 0.2) is 0 Å². The average Bonchev–Trinajstić information content (AvgIpc) is 2.57. The lowest BCUT2D eigenvalue weighted by atomic mass is 9.99. The lowest BCUT2D eigenvalue weighted by Crippen LogP contribution is -2.44. The van der Waals surface area contributed by atoms with E-state index in [4.69, 9.17) is 0 Å². The minimum Gasteiger partial charge on any atom is -0.337 e. The van der Waals surface area contributed by atoms with Gasteiger partial charge in [0.1, 0.15) is 0 Å². The Morgan fingerprint density at radius 2 is 1.96 bits per heavy atom. The van der Waals surface area contributed by atoms with Gasteiger partial charge < -0.3 is 15.1 Å². The van der Waals surface area contributed by atoms with Crippen LogP contribution >= 0.6 is 0 Å². The van der Waals surface area contributed by atoms with Crippen LogP contribution in [0.3, 0.4) is 0 Å². The molecule has 1 aromatic rings. The number of piperidine rings is 1. The molecule has 0 saturated carbocycles. The lowest BCUT2D eigenvalue weighted by Gasteiger charge is -2.30. The largest absolute Gasteiger partial charge is 0.337 e. The zero-order valence-corrected chi connectivity index (χ0v) is 14.6. The van der Waals surface area contributed by atoms with Crippen LogP contribution in [0, 0.1) is 5.92 Å². The van der Waals surface area contributed by atoms with Crippen molar-refractivity contribution in [1.29, 1.82) is 0 Å². The Bertz CT molecular complexity index is 455. The van der Waals surface area contributed by atoms with Crippen molar-refractivity contribution in [3.8, 4) is 0 Å². The second kappa shape index (κ2) is 9.56. The molecule has 0 atom stereocenters. The fourth-order valence-corrected chi connectivity index (χ4v) is 3.04. The van der Waals surface area contributed by atoms with E-state index in [0.29, 0.717) is 6.54 Å². The molecule has 4 heteroatoms. The number of nitrogens with one attached hydrogen (secondary N) is 1. The maximum Gasteiger partial charge on any atom is 0.317 e. The van der Waals surface area contributed by atoms with Crippen molar-refractivity contribution in [2.75, 3.05) is 32.7 Å². The Morgan fingerprint density at radius 3 is 2.61 bits per heavy atom. The summed E-state index contributed by atoms with van der Waals surface area (Å²) >= 11 is 0. The van der Waals surface area contributed by atoms with Gasteiger partial charge >= 0.3 is 6.03 Å². The van der Waals surface area contributed by atoms with E-state index in [2.05, 4.69) is 36.2 Å². The van der Waals surface area contributed by atoms with Crippen molar-refractivity contribution in [3.63, 3.8) is 0 Å². The number of urea groups is 1. The highest BCUT2D eigenvalue weighted by atomic mass is 16.2. The van der Waals surface area contributed by atoms with E-state index < -0.39 is 0 Å². The third kappa shape index (κ3) is 6.22. The molecule has 1 saturated heterocycles. The Morgan fingerprint density at radius 1 is 1.26 bits per heavy atom. The second-order valence-electron chi connectivity index (χ2n) is 6.66. The molecule has 0 aliphatic carbocycles.